The van der Waals surface area contributed by atoms with Gasteiger partial charge in [0.2, 0.25) is 0 Å². The summed E-state index contributed by atoms with van der Waals surface area (Å²) in [5, 5.41) is 0. The first kappa shape index (κ1) is 18.5. The predicted molar refractivity (Wildman–Crippen MR) is 89.3 cm³/mol. The van der Waals surface area contributed by atoms with E-state index < -0.39 is 0 Å². The van der Waals surface area contributed by atoms with Crippen molar-refractivity contribution in [3.8, 4) is 0 Å². The van der Waals surface area contributed by atoms with Crippen molar-refractivity contribution in [1.29, 1.82) is 0 Å². The lowest BCUT2D eigenvalue weighted by molar-refractivity contribution is 0.548. The molecule has 0 saturated carbocycles. The zero-order valence-corrected chi connectivity index (χ0v) is 13.3. The fourth-order valence-corrected chi connectivity index (χ4v) is 2.56. The van der Waals surface area contributed by atoms with E-state index in [9.17, 15) is 0 Å². The van der Waals surface area contributed by atoms with Crippen LogP contribution in [0.5, 0.6) is 0 Å². The molecule has 0 nitrogen and oxygen atoms in total. The van der Waals surface area contributed by atoms with Gasteiger partial charge in [-0.1, -0.05) is 83.3 Å². The van der Waals surface area contributed by atoms with Crippen LogP contribution in [0.15, 0.2) is 25.3 Å². The minimum absolute atomic E-state index is 1.07. The third-order valence-electron chi connectivity index (χ3n) is 3.75. The molecular weight excluding hydrogens is 228 g/mol. The number of rotatable bonds is 15. The van der Waals surface area contributed by atoms with Crippen LogP contribution in [0.2, 0.25) is 0 Å². The van der Waals surface area contributed by atoms with E-state index in [0.717, 1.165) is 12.8 Å². The highest BCUT2D eigenvalue weighted by Crippen LogP contribution is 2.21. The molecule has 0 aliphatic rings. The fourth-order valence-electron chi connectivity index (χ4n) is 2.56. The topological polar surface area (TPSA) is 0 Å². The summed E-state index contributed by atoms with van der Waals surface area (Å²) in [6.07, 6.45) is 21.6. The number of unbranched alkanes of at least 4 members (excludes halogenated alkanes) is 9. The lowest BCUT2D eigenvalue weighted by Crippen LogP contribution is -1.95. The minimum atomic E-state index is 1.07. The first-order valence-electron chi connectivity index (χ1n) is 8.40. The molecule has 0 aromatic carbocycles. The normalized spacial score (nSPS) is 10.8. The van der Waals surface area contributed by atoms with Gasteiger partial charge in [-0.2, -0.15) is 0 Å². The van der Waals surface area contributed by atoms with Crippen molar-refractivity contribution < 1.29 is 0 Å². The van der Waals surface area contributed by atoms with Crippen LogP contribution in [-0.2, 0) is 0 Å². The molecule has 0 aliphatic carbocycles. The van der Waals surface area contributed by atoms with Crippen LogP contribution in [-0.4, -0.2) is 0 Å². The maximum atomic E-state index is 3.83. The lowest BCUT2D eigenvalue weighted by Gasteiger charge is -2.11. The molecule has 0 aromatic heterocycles. The summed E-state index contributed by atoms with van der Waals surface area (Å²) in [5.74, 6) is 1.60. The van der Waals surface area contributed by atoms with Gasteiger partial charge in [0.15, 0.2) is 0 Å². The van der Waals surface area contributed by atoms with Crippen molar-refractivity contribution in [1.82, 2.24) is 0 Å². The van der Waals surface area contributed by atoms with Crippen molar-refractivity contribution in [3.63, 3.8) is 0 Å². The quantitative estimate of drug-likeness (QED) is 0.220. The Morgan fingerprint density at radius 1 is 0.684 bits per heavy atom. The van der Waals surface area contributed by atoms with Crippen LogP contribution in [0.3, 0.4) is 0 Å². The third kappa shape index (κ3) is 13.7. The Balaban J connectivity index is 3.24. The molecule has 0 amide bonds. The number of allylic oxidation sites excluding steroid dienone is 2. The fraction of sp³-hybridized carbons (Fsp3) is 0.737. The van der Waals surface area contributed by atoms with E-state index in [1.807, 2.05) is 12.2 Å². The van der Waals surface area contributed by atoms with Gasteiger partial charge >= 0.3 is 0 Å². The zero-order chi connectivity index (χ0) is 14.2. The molecule has 0 heterocycles. The van der Waals surface area contributed by atoms with E-state index in [4.69, 9.17) is 0 Å². The van der Waals surface area contributed by atoms with E-state index in [2.05, 4.69) is 20.1 Å². The maximum Gasteiger partial charge on any atom is -0.0166 e. The maximum absolute atomic E-state index is 3.83. The summed E-state index contributed by atoms with van der Waals surface area (Å²) in [6.45, 7) is 9.94. The Bertz CT molecular complexity index is 182. The Labute approximate surface area is 122 Å². The summed E-state index contributed by atoms with van der Waals surface area (Å²) >= 11 is 0. The van der Waals surface area contributed by atoms with Crippen LogP contribution < -0.4 is 0 Å². The molecule has 0 atom stereocenters. The van der Waals surface area contributed by atoms with Gasteiger partial charge in [0.1, 0.15) is 0 Å². The molecule has 1 radical (unpaired) electrons. The third-order valence-corrected chi connectivity index (χ3v) is 3.75. The van der Waals surface area contributed by atoms with Gasteiger partial charge in [-0.15, -0.1) is 13.2 Å². The molecule has 0 heteroatoms. The molecule has 0 unspecified atom stereocenters. The van der Waals surface area contributed by atoms with Crippen LogP contribution in [0.1, 0.15) is 90.4 Å². The average Bonchev–Trinajstić information content (AvgIpc) is 2.41. The highest BCUT2D eigenvalue weighted by molar-refractivity contribution is 5.00. The van der Waals surface area contributed by atoms with Crippen molar-refractivity contribution in [2.45, 2.75) is 90.4 Å². The second-order valence-electron chi connectivity index (χ2n) is 5.67. The summed E-state index contributed by atoms with van der Waals surface area (Å²) in [5.41, 5.74) is 0. The Hall–Kier alpha value is -0.520. The molecule has 0 N–H and O–H groups in total. The van der Waals surface area contributed by atoms with Gasteiger partial charge in [0.05, 0.1) is 0 Å². The summed E-state index contributed by atoms with van der Waals surface area (Å²) in [7, 11) is 0. The van der Waals surface area contributed by atoms with E-state index in [-0.39, 0.29) is 0 Å². The molecular formula is C19H35. The monoisotopic (exact) mass is 263 g/mol. The average molecular weight is 263 g/mol. The smallest absolute Gasteiger partial charge is 0.0166 e. The Morgan fingerprint density at radius 3 is 1.53 bits per heavy atom. The molecule has 0 fully saturated rings. The molecule has 0 aliphatic heterocycles. The summed E-state index contributed by atoms with van der Waals surface area (Å²) in [6, 6.07) is 0. The molecule has 0 aromatic rings. The van der Waals surface area contributed by atoms with Crippen molar-refractivity contribution in [2.24, 2.45) is 0 Å². The van der Waals surface area contributed by atoms with Gasteiger partial charge in [0, 0.05) is 0 Å². The Morgan fingerprint density at radius 2 is 1.11 bits per heavy atom. The number of hydrogen-bond donors (Lipinski definition) is 0. The minimum Gasteiger partial charge on any atom is -0.103 e. The summed E-state index contributed by atoms with van der Waals surface area (Å²) < 4.78 is 0. The van der Waals surface area contributed by atoms with Crippen LogP contribution >= 0.6 is 0 Å². The SMILES string of the molecule is C=CC[C](CC=C)CCCCCCCCCCCC. The molecule has 0 spiro atoms. The van der Waals surface area contributed by atoms with E-state index >= 15 is 0 Å². The zero-order valence-electron chi connectivity index (χ0n) is 13.3. The van der Waals surface area contributed by atoms with Gasteiger partial charge in [0.25, 0.3) is 0 Å². The van der Waals surface area contributed by atoms with Gasteiger partial charge in [-0.25, -0.2) is 0 Å². The van der Waals surface area contributed by atoms with Crippen molar-refractivity contribution >= 4 is 0 Å². The number of hydrogen-bond acceptors (Lipinski definition) is 0. The summed E-state index contributed by atoms with van der Waals surface area (Å²) in [4.78, 5) is 0. The van der Waals surface area contributed by atoms with Gasteiger partial charge in [-0.05, 0) is 25.2 Å². The highest BCUT2D eigenvalue weighted by Gasteiger charge is 2.04. The molecule has 0 bridgehead atoms. The molecule has 19 heavy (non-hydrogen) atoms. The van der Waals surface area contributed by atoms with E-state index in [0.29, 0.717) is 0 Å². The molecule has 0 rings (SSSR count). The van der Waals surface area contributed by atoms with Crippen molar-refractivity contribution in [3.05, 3.63) is 31.2 Å². The van der Waals surface area contributed by atoms with Crippen LogP contribution in [0.4, 0.5) is 0 Å². The largest absolute Gasteiger partial charge is 0.103 e. The molecule has 111 valence electrons. The lowest BCUT2D eigenvalue weighted by atomic mass is 9.94. The van der Waals surface area contributed by atoms with Crippen LogP contribution in [0, 0.1) is 5.92 Å². The van der Waals surface area contributed by atoms with Crippen LogP contribution in [0.25, 0.3) is 0 Å². The van der Waals surface area contributed by atoms with Gasteiger partial charge < -0.3 is 0 Å². The standard InChI is InChI=1S/C19H35/c1-4-7-8-9-10-11-12-13-14-15-18-19(16-5-2)17-6-3/h5-6H,2-4,7-18H2,1H3. The first-order valence-corrected chi connectivity index (χ1v) is 8.40. The Kier molecular flexibility index (Phi) is 15.1. The first-order chi connectivity index (χ1) is 9.35. The van der Waals surface area contributed by atoms with E-state index in [1.54, 1.807) is 5.92 Å². The van der Waals surface area contributed by atoms with Crippen molar-refractivity contribution in [2.75, 3.05) is 0 Å². The second kappa shape index (κ2) is 15.5. The second-order valence-corrected chi connectivity index (χ2v) is 5.67. The molecule has 0 saturated heterocycles. The van der Waals surface area contributed by atoms with E-state index in [1.165, 1.54) is 70.6 Å². The predicted octanol–water partition coefficient (Wildman–Crippen LogP) is 7.02. The van der Waals surface area contributed by atoms with Gasteiger partial charge in [-0.3, -0.25) is 0 Å². The highest BCUT2D eigenvalue weighted by atomic mass is 14.1.